The van der Waals surface area contributed by atoms with Gasteiger partial charge in [0.05, 0.1) is 11.7 Å². The van der Waals surface area contributed by atoms with Crippen LogP contribution in [0.15, 0.2) is 71.2 Å². The van der Waals surface area contributed by atoms with Crippen LogP contribution in [0.5, 0.6) is 0 Å². The molecule has 1 amide bonds. The van der Waals surface area contributed by atoms with Gasteiger partial charge in [0.15, 0.2) is 0 Å². The molecule has 4 rings (SSSR count). The second-order valence-corrected chi connectivity index (χ2v) is 11.8. The topological polar surface area (TPSA) is 65.3 Å². The maximum absolute atomic E-state index is 13.3. The number of rotatable bonds is 7. The minimum absolute atomic E-state index is 0.0464. The summed E-state index contributed by atoms with van der Waals surface area (Å²) in [6, 6.07) is 16.4. The predicted molar refractivity (Wildman–Crippen MR) is 145 cm³/mol. The highest BCUT2D eigenvalue weighted by molar-refractivity contribution is 6.08. The summed E-state index contributed by atoms with van der Waals surface area (Å²) in [6.45, 7) is 8.58. The molecule has 0 heterocycles. The molecule has 1 saturated carbocycles. The smallest absolute Gasteiger partial charge is 0.221 e. The number of allylic oxidation sites excluding steroid dienone is 2. The maximum atomic E-state index is 13.3. The van der Waals surface area contributed by atoms with Gasteiger partial charge in [0.25, 0.3) is 0 Å². The summed E-state index contributed by atoms with van der Waals surface area (Å²) in [6.07, 6.45) is 7.89. The Kier molecular flexibility index (Phi) is 7.58. The first-order valence-corrected chi connectivity index (χ1v) is 13.0. The zero-order valence-corrected chi connectivity index (χ0v) is 21.9. The standard InChI is InChI=1S/C31H38FN3O/c1-30(2,3)19-29(36)35-27(21-8-6-5-7-9-21)16-23-10-11-24-17-28(22(20-33)18-31(23,24)4)34-26-14-12-25(32)13-15-26/h5-9,12-15,17,20,22-23,27,33H,10-11,16,18-19H2,1-4H3,(H,35,36). The van der Waals surface area contributed by atoms with Gasteiger partial charge in [-0.15, -0.1) is 0 Å². The summed E-state index contributed by atoms with van der Waals surface area (Å²) in [4.78, 5) is 17.7. The molecule has 36 heavy (non-hydrogen) atoms. The molecule has 4 unspecified atom stereocenters. The lowest BCUT2D eigenvalue weighted by molar-refractivity contribution is -0.123. The van der Waals surface area contributed by atoms with Crippen LogP contribution >= 0.6 is 0 Å². The minimum atomic E-state index is -0.279. The monoisotopic (exact) mass is 487 g/mol. The van der Waals surface area contributed by atoms with Crippen molar-refractivity contribution in [1.29, 1.82) is 5.41 Å². The van der Waals surface area contributed by atoms with Crippen molar-refractivity contribution in [2.24, 2.45) is 27.7 Å². The number of aliphatic imine (C=N–C) groups is 1. The van der Waals surface area contributed by atoms with E-state index < -0.39 is 0 Å². The molecule has 4 nitrogen and oxygen atoms in total. The molecule has 0 saturated heterocycles. The minimum Gasteiger partial charge on any atom is -0.349 e. The van der Waals surface area contributed by atoms with Crippen molar-refractivity contribution in [3.05, 3.63) is 77.6 Å². The van der Waals surface area contributed by atoms with E-state index in [4.69, 9.17) is 10.4 Å². The molecule has 2 N–H and O–H groups in total. The SMILES string of the molecule is CC(C)(C)CC(=O)NC(CC1CCC2=CC(=Nc3ccc(F)cc3)C(C=N)CC21C)c1ccccc1. The lowest BCUT2D eigenvalue weighted by atomic mass is 9.65. The van der Waals surface area contributed by atoms with Crippen molar-refractivity contribution >= 4 is 23.5 Å². The van der Waals surface area contributed by atoms with E-state index in [-0.39, 0.29) is 34.5 Å². The second kappa shape index (κ2) is 10.5. The van der Waals surface area contributed by atoms with Gasteiger partial charge in [-0.05, 0) is 78.3 Å². The van der Waals surface area contributed by atoms with Crippen LogP contribution in [0.2, 0.25) is 0 Å². The fraction of sp³-hybridized carbons (Fsp3) is 0.452. The third-order valence-corrected chi connectivity index (χ3v) is 7.78. The molecule has 0 aliphatic heterocycles. The fourth-order valence-electron chi connectivity index (χ4n) is 5.86. The summed E-state index contributed by atoms with van der Waals surface area (Å²) in [5.74, 6) is 0.108. The molecule has 190 valence electrons. The Morgan fingerprint density at radius 1 is 1.19 bits per heavy atom. The average Bonchev–Trinajstić information content (AvgIpc) is 3.14. The van der Waals surface area contributed by atoms with Crippen molar-refractivity contribution in [2.75, 3.05) is 0 Å². The molecule has 1 fully saturated rings. The number of nitrogens with zero attached hydrogens (tertiary/aromatic N) is 1. The quantitative estimate of drug-likeness (QED) is 0.388. The molecule has 2 aliphatic rings. The summed E-state index contributed by atoms with van der Waals surface area (Å²) in [7, 11) is 0. The number of halogens is 1. The van der Waals surface area contributed by atoms with Gasteiger partial charge in [-0.1, -0.05) is 63.6 Å². The van der Waals surface area contributed by atoms with E-state index in [1.165, 1.54) is 23.9 Å². The zero-order chi connectivity index (χ0) is 25.9. The van der Waals surface area contributed by atoms with Crippen LogP contribution in [-0.2, 0) is 4.79 Å². The molecule has 2 aromatic rings. The number of fused-ring (bicyclic) bond motifs is 1. The van der Waals surface area contributed by atoms with Gasteiger partial charge in [-0.2, -0.15) is 0 Å². The Labute approximate surface area is 214 Å². The van der Waals surface area contributed by atoms with Gasteiger partial charge >= 0.3 is 0 Å². The summed E-state index contributed by atoms with van der Waals surface area (Å²) < 4.78 is 13.3. The highest BCUT2D eigenvalue weighted by atomic mass is 19.1. The summed E-state index contributed by atoms with van der Waals surface area (Å²) in [5.41, 5.74) is 3.98. The highest BCUT2D eigenvalue weighted by Crippen LogP contribution is 2.56. The number of hydrogen-bond acceptors (Lipinski definition) is 3. The Hall–Kier alpha value is -3.08. The molecule has 2 aromatic carbocycles. The van der Waals surface area contributed by atoms with Crippen LogP contribution in [0.1, 0.15) is 71.4 Å². The van der Waals surface area contributed by atoms with Crippen LogP contribution in [-0.4, -0.2) is 17.8 Å². The van der Waals surface area contributed by atoms with Crippen LogP contribution in [0.25, 0.3) is 0 Å². The first-order valence-electron chi connectivity index (χ1n) is 13.0. The van der Waals surface area contributed by atoms with Crippen molar-refractivity contribution in [2.45, 2.75) is 65.8 Å². The summed E-state index contributed by atoms with van der Waals surface area (Å²) >= 11 is 0. The Balaban J connectivity index is 1.59. The molecule has 4 atom stereocenters. The molecule has 0 spiro atoms. The summed E-state index contributed by atoms with van der Waals surface area (Å²) in [5, 5.41) is 11.5. The largest absolute Gasteiger partial charge is 0.349 e. The average molecular weight is 488 g/mol. The van der Waals surface area contributed by atoms with Gasteiger partial charge in [0.2, 0.25) is 5.91 Å². The fourth-order valence-corrected chi connectivity index (χ4v) is 5.86. The van der Waals surface area contributed by atoms with Gasteiger partial charge < -0.3 is 10.7 Å². The molecule has 5 heteroatoms. The maximum Gasteiger partial charge on any atom is 0.221 e. The number of carbonyl (C=O) groups is 1. The number of nitrogens with one attached hydrogen (secondary N) is 2. The Morgan fingerprint density at radius 3 is 2.53 bits per heavy atom. The van der Waals surface area contributed by atoms with E-state index >= 15 is 0 Å². The van der Waals surface area contributed by atoms with E-state index in [2.05, 4.69) is 51.2 Å². The van der Waals surface area contributed by atoms with Crippen molar-refractivity contribution in [1.82, 2.24) is 5.32 Å². The first kappa shape index (κ1) is 26.0. The molecule has 2 aliphatic carbocycles. The van der Waals surface area contributed by atoms with E-state index in [1.54, 1.807) is 12.1 Å². The number of hydrogen-bond donors (Lipinski definition) is 2. The lowest BCUT2D eigenvalue weighted by Gasteiger charge is -2.40. The number of amides is 1. The molecular weight excluding hydrogens is 449 g/mol. The number of benzene rings is 2. The van der Waals surface area contributed by atoms with Crippen molar-refractivity contribution in [3.63, 3.8) is 0 Å². The molecule has 0 bridgehead atoms. The van der Waals surface area contributed by atoms with E-state index in [1.807, 2.05) is 18.2 Å². The Bertz CT molecular complexity index is 1150. The second-order valence-electron chi connectivity index (χ2n) is 11.8. The van der Waals surface area contributed by atoms with Gasteiger partial charge in [0, 0.05) is 24.3 Å². The number of carbonyl (C=O) groups excluding carboxylic acids is 1. The van der Waals surface area contributed by atoms with Crippen LogP contribution < -0.4 is 5.32 Å². The van der Waals surface area contributed by atoms with Crippen molar-refractivity contribution in [3.8, 4) is 0 Å². The highest BCUT2D eigenvalue weighted by Gasteiger charge is 2.47. The Morgan fingerprint density at radius 2 is 1.89 bits per heavy atom. The van der Waals surface area contributed by atoms with E-state index in [0.717, 1.165) is 37.0 Å². The van der Waals surface area contributed by atoms with Gasteiger partial charge in [-0.25, -0.2) is 4.39 Å². The third kappa shape index (κ3) is 6.00. The molecular formula is C31H38FN3O. The van der Waals surface area contributed by atoms with Crippen LogP contribution in [0, 0.1) is 33.9 Å². The van der Waals surface area contributed by atoms with Crippen LogP contribution in [0.4, 0.5) is 10.1 Å². The van der Waals surface area contributed by atoms with Crippen molar-refractivity contribution < 1.29 is 9.18 Å². The van der Waals surface area contributed by atoms with Gasteiger partial charge in [-0.3, -0.25) is 9.79 Å². The lowest BCUT2D eigenvalue weighted by Crippen LogP contribution is -2.37. The molecule has 0 radical (unpaired) electrons. The molecule has 0 aromatic heterocycles. The van der Waals surface area contributed by atoms with E-state index in [0.29, 0.717) is 18.0 Å². The predicted octanol–water partition coefficient (Wildman–Crippen LogP) is 7.59. The zero-order valence-electron chi connectivity index (χ0n) is 21.9. The third-order valence-electron chi connectivity index (χ3n) is 7.78. The van der Waals surface area contributed by atoms with E-state index in [9.17, 15) is 9.18 Å². The van der Waals surface area contributed by atoms with Gasteiger partial charge in [0.1, 0.15) is 5.82 Å². The normalized spacial score (nSPS) is 25.7. The van der Waals surface area contributed by atoms with Crippen LogP contribution in [0.3, 0.4) is 0 Å². The first-order chi connectivity index (χ1) is 17.1.